The molecular weight excluding hydrogens is 455 g/mol. The van der Waals surface area contributed by atoms with Crippen molar-refractivity contribution in [3.63, 3.8) is 0 Å². The van der Waals surface area contributed by atoms with Gasteiger partial charge in [-0.3, -0.25) is 0 Å². The zero-order chi connectivity index (χ0) is 24.9. The summed E-state index contributed by atoms with van der Waals surface area (Å²) in [5.41, 5.74) is 5.08. The van der Waals surface area contributed by atoms with Crippen LogP contribution in [0.5, 0.6) is 5.75 Å². The van der Waals surface area contributed by atoms with Gasteiger partial charge in [-0.05, 0) is 72.8 Å². The van der Waals surface area contributed by atoms with Gasteiger partial charge in [-0.25, -0.2) is 0 Å². The smallest absolute Gasteiger partial charge is 0.532 e. The van der Waals surface area contributed by atoms with Gasteiger partial charge in [0.1, 0.15) is 5.75 Å². The number of hydrogen-bond acceptors (Lipinski definition) is 2. The highest BCUT2D eigenvalue weighted by molar-refractivity contribution is 6.89. The van der Waals surface area contributed by atoms with Gasteiger partial charge >= 0.3 is 7.12 Å². The fourth-order valence-corrected chi connectivity index (χ4v) is 11.3. The van der Waals surface area contributed by atoms with Crippen molar-refractivity contribution >= 4 is 25.8 Å². The maximum absolute atomic E-state index is 11.0. The molecule has 4 heteroatoms. The summed E-state index contributed by atoms with van der Waals surface area (Å²) in [6, 6.07) is 14.8. The summed E-state index contributed by atoms with van der Waals surface area (Å²) >= 11 is 0. The highest BCUT2D eigenvalue weighted by Gasteiger charge is 2.53. The molecule has 7 rings (SSSR count). The molecule has 1 N–H and O–H groups in total. The lowest BCUT2D eigenvalue weighted by molar-refractivity contribution is -0.00581. The zero-order valence-electron chi connectivity index (χ0n) is 22.8. The molecule has 4 aliphatic carbocycles. The first-order valence-corrected chi connectivity index (χ1v) is 18.2. The molecule has 0 spiro atoms. The highest BCUT2D eigenvalue weighted by atomic mass is 28.3. The Morgan fingerprint density at radius 2 is 1.53 bits per heavy atom. The van der Waals surface area contributed by atoms with Crippen LogP contribution in [0.2, 0.25) is 19.1 Å². The third-order valence-corrected chi connectivity index (χ3v) is 13.8. The van der Waals surface area contributed by atoms with Gasteiger partial charge in [0, 0.05) is 11.0 Å². The second-order valence-corrected chi connectivity index (χ2v) is 18.4. The topological polar surface area (TPSA) is 29.5 Å². The lowest BCUT2D eigenvalue weighted by Crippen LogP contribution is -2.51. The van der Waals surface area contributed by atoms with Crippen LogP contribution in [0, 0.1) is 17.8 Å². The molecule has 2 aromatic carbocycles. The number of hydrogen-bond donors (Lipinski definition) is 1. The number of rotatable bonds is 9. The molecule has 36 heavy (non-hydrogen) atoms. The van der Waals surface area contributed by atoms with E-state index in [9.17, 15) is 5.02 Å². The molecule has 4 fully saturated rings. The maximum Gasteiger partial charge on any atom is 0.560 e. The third-order valence-electron chi connectivity index (χ3n) is 10.4. The summed E-state index contributed by atoms with van der Waals surface area (Å²) in [6.45, 7) is 7.48. The molecule has 0 aromatic heterocycles. The second kappa shape index (κ2) is 9.66. The van der Waals surface area contributed by atoms with E-state index in [1.54, 1.807) is 5.19 Å². The molecule has 0 unspecified atom stereocenters. The van der Waals surface area contributed by atoms with Crippen LogP contribution in [0.4, 0.5) is 0 Å². The maximum atomic E-state index is 11.0. The predicted octanol–water partition coefficient (Wildman–Crippen LogP) is 7.18. The minimum Gasteiger partial charge on any atom is -0.532 e. The highest BCUT2D eigenvalue weighted by Crippen LogP contribution is 2.62. The monoisotopic (exact) mass is 500 g/mol. The summed E-state index contributed by atoms with van der Waals surface area (Å²) < 4.78 is 6.45. The van der Waals surface area contributed by atoms with E-state index >= 15 is 0 Å². The van der Waals surface area contributed by atoms with E-state index in [1.165, 1.54) is 99.8 Å². The normalized spacial score (nSPS) is 28.1. The van der Waals surface area contributed by atoms with Crippen molar-refractivity contribution in [2.75, 3.05) is 0 Å². The first-order chi connectivity index (χ1) is 17.4. The lowest BCUT2D eigenvalue weighted by Gasteiger charge is -2.57. The Bertz CT molecular complexity index is 1070. The van der Waals surface area contributed by atoms with E-state index < -0.39 is 15.2 Å². The summed E-state index contributed by atoms with van der Waals surface area (Å²) in [7, 11) is -2.47. The standard InChI is InChI=1S/C32H45BO2Si/c1-4-5-6-7-8-11-14-36(2,3)26-18-28-27-12-9-10-13-30(27)33(34)35-31(28)29(19-26)32-20-23-15-24(21-32)17-25(16-23)22-32/h9-10,12-13,18-19,23-25,34H,4-8,11,14-17,20-22H2,1-3H3. The second-order valence-electron chi connectivity index (χ2n) is 13.6. The van der Waals surface area contributed by atoms with Gasteiger partial charge < -0.3 is 9.68 Å². The van der Waals surface area contributed by atoms with Gasteiger partial charge in [0.25, 0.3) is 0 Å². The minimum atomic E-state index is -1.61. The molecule has 5 aliphatic rings. The Hall–Kier alpha value is -1.52. The lowest BCUT2D eigenvalue weighted by atomic mass is 9.47. The number of unbranched alkanes of at least 4 members (excludes halogenated alkanes) is 5. The van der Waals surface area contributed by atoms with Gasteiger partial charge in [-0.2, -0.15) is 0 Å². The Labute approximate surface area is 220 Å². The molecule has 0 atom stereocenters. The molecule has 192 valence electrons. The average Bonchev–Trinajstić information content (AvgIpc) is 2.85. The molecule has 1 aliphatic heterocycles. The number of fused-ring (bicyclic) bond motifs is 3. The molecule has 0 amide bonds. The van der Waals surface area contributed by atoms with Crippen molar-refractivity contribution in [3.8, 4) is 16.9 Å². The predicted molar refractivity (Wildman–Crippen MR) is 155 cm³/mol. The molecule has 2 aromatic rings. The zero-order valence-corrected chi connectivity index (χ0v) is 23.8. The van der Waals surface area contributed by atoms with Gasteiger partial charge in [-0.15, -0.1) is 0 Å². The molecule has 1 heterocycles. The minimum absolute atomic E-state index is 0.255. The van der Waals surface area contributed by atoms with Crippen LogP contribution in [0.3, 0.4) is 0 Å². The fraction of sp³-hybridized carbons (Fsp3) is 0.625. The van der Waals surface area contributed by atoms with Crippen LogP contribution in [0.25, 0.3) is 11.1 Å². The van der Waals surface area contributed by atoms with Crippen LogP contribution in [-0.2, 0) is 5.41 Å². The van der Waals surface area contributed by atoms with E-state index in [4.69, 9.17) is 4.65 Å². The quantitative estimate of drug-likeness (QED) is 0.292. The Morgan fingerprint density at radius 1 is 0.889 bits per heavy atom. The van der Waals surface area contributed by atoms with Gasteiger partial charge in [-0.1, -0.05) is 106 Å². The molecular formula is C32H45BO2Si. The number of benzene rings is 2. The molecule has 4 bridgehead atoms. The molecule has 0 radical (unpaired) electrons. The van der Waals surface area contributed by atoms with Crippen molar-refractivity contribution < 1.29 is 9.68 Å². The van der Waals surface area contributed by atoms with Crippen molar-refractivity contribution in [1.29, 1.82) is 0 Å². The van der Waals surface area contributed by atoms with Gasteiger partial charge in [0.15, 0.2) is 0 Å². The van der Waals surface area contributed by atoms with Crippen LogP contribution in [0.15, 0.2) is 36.4 Å². The van der Waals surface area contributed by atoms with E-state index in [0.29, 0.717) is 0 Å². The largest absolute Gasteiger partial charge is 0.560 e. The van der Waals surface area contributed by atoms with Crippen LogP contribution < -0.4 is 15.3 Å². The summed E-state index contributed by atoms with van der Waals surface area (Å²) in [4.78, 5) is 0. The van der Waals surface area contributed by atoms with E-state index in [2.05, 4.69) is 44.3 Å². The first kappa shape index (κ1) is 24.8. The van der Waals surface area contributed by atoms with Crippen molar-refractivity contribution in [2.45, 2.75) is 109 Å². The van der Waals surface area contributed by atoms with Crippen LogP contribution in [0.1, 0.15) is 89.5 Å². The molecule has 0 saturated heterocycles. The van der Waals surface area contributed by atoms with Gasteiger partial charge in [0.2, 0.25) is 0 Å². The third kappa shape index (κ3) is 4.41. The van der Waals surface area contributed by atoms with E-state index in [0.717, 1.165) is 29.0 Å². The summed E-state index contributed by atoms with van der Waals surface area (Å²) in [5, 5.41) is 12.6. The Kier molecular flexibility index (Phi) is 6.65. The first-order valence-electron chi connectivity index (χ1n) is 15.0. The van der Waals surface area contributed by atoms with Crippen molar-refractivity contribution in [1.82, 2.24) is 0 Å². The van der Waals surface area contributed by atoms with E-state index in [1.807, 2.05) is 12.1 Å². The Morgan fingerprint density at radius 3 is 2.22 bits per heavy atom. The Balaban J connectivity index is 1.40. The SMILES string of the molecule is CCCCCCCC[Si](C)(C)c1cc2c(c(C34CC5CC(CC(C5)C3)C4)c1)OB(O)c1ccccc1-2. The van der Waals surface area contributed by atoms with Crippen LogP contribution >= 0.6 is 0 Å². The van der Waals surface area contributed by atoms with Crippen molar-refractivity contribution in [2.24, 2.45) is 17.8 Å². The van der Waals surface area contributed by atoms with E-state index in [-0.39, 0.29) is 5.41 Å². The molecule has 2 nitrogen and oxygen atoms in total. The summed E-state index contributed by atoms with van der Waals surface area (Å²) in [6.07, 6.45) is 16.6. The van der Waals surface area contributed by atoms with Crippen LogP contribution in [-0.4, -0.2) is 20.2 Å². The van der Waals surface area contributed by atoms with Gasteiger partial charge in [0.05, 0.1) is 8.07 Å². The summed E-state index contributed by atoms with van der Waals surface area (Å²) in [5.74, 6) is 3.69. The van der Waals surface area contributed by atoms with Crippen molar-refractivity contribution in [3.05, 3.63) is 42.0 Å². The fourth-order valence-electron chi connectivity index (χ4n) is 8.81. The average molecular weight is 501 g/mol. The molecule has 4 saturated carbocycles.